The van der Waals surface area contributed by atoms with Crippen molar-refractivity contribution in [2.75, 3.05) is 6.61 Å². The van der Waals surface area contributed by atoms with Crippen LogP contribution in [0.5, 0.6) is 0 Å². The topological polar surface area (TPSA) is 82.3 Å². The molecule has 34 heavy (non-hydrogen) atoms. The summed E-state index contributed by atoms with van der Waals surface area (Å²) in [6.45, 7) is 5.80. The van der Waals surface area contributed by atoms with Gasteiger partial charge in [0, 0.05) is 47.2 Å². The Bertz CT molecular complexity index is 1470. The maximum atomic E-state index is 14.8. The number of halogens is 2. The van der Waals surface area contributed by atoms with Crippen LogP contribution in [0.3, 0.4) is 0 Å². The Hall–Kier alpha value is -3.59. The van der Waals surface area contributed by atoms with Crippen LogP contribution in [0.25, 0.3) is 16.9 Å². The Kier molecular flexibility index (Phi) is 5.65. The summed E-state index contributed by atoms with van der Waals surface area (Å²) in [4.78, 5) is 22.4. The molecule has 5 rings (SSSR count). The molecule has 0 N–H and O–H groups in total. The number of aromatic nitrogens is 5. The monoisotopic (exact) mass is 463 g/mol. The van der Waals surface area contributed by atoms with Crippen LogP contribution in [0.15, 0.2) is 41.5 Å². The van der Waals surface area contributed by atoms with Gasteiger partial charge in [0.25, 0.3) is 5.56 Å². The summed E-state index contributed by atoms with van der Waals surface area (Å²) in [6.07, 6.45) is 4.47. The molecule has 1 saturated heterocycles. The van der Waals surface area contributed by atoms with Crippen LogP contribution in [-0.4, -0.2) is 31.2 Å². The first kappa shape index (κ1) is 22.2. The second-order valence-corrected chi connectivity index (χ2v) is 8.67. The van der Waals surface area contributed by atoms with Gasteiger partial charge in [-0.05, 0) is 51.8 Å². The van der Waals surface area contributed by atoms with Gasteiger partial charge >= 0.3 is 0 Å². The summed E-state index contributed by atoms with van der Waals surface area (Å²) in [5.74, 6) is -1.50. The molecule has 4 aromatic rings. The van der Waals surface area contributed by atoms with Crippen LogP contribution in [0.4, 0.5) is 8.78 Å². The zero-order valence-corrected chi connectivity index (χ0v) is 19.0. The van der Waals surface area contributed by atoms with Crippen molar-refractivity contribution in [2.24, 2.45) is 0 Å². The number of benzene rings is 1. The highest BCUT2D eigenvalue weighted by Crippen LogP contribution is 2.38. The van der Waals surface area contributed by atoms with Gasteiger partial charge in [0.05, 0.1) is 23.7 Å². The molecule has 4 heterocycles. The van der Waals surface area contributed by atoms with Crippen LogP contribution < -0.4 is 5.56 Å². The molecule has 0 bridgehead atoms. The van der Waals surface area contributed by atoms with E-state index in [-0.39, 0.29) is 34.5 Å². The number of aryl methyl sites for hydroxylation is 2. The molecule has 0 spiro atoms. The normalized spacial score (nSPS) is 18.4. The summed E-state index contributed by atoms with van der Waals surface area (Å²) < 4.78 is 35.8. The molecule has 9 heteroatoms. The zero-order valence-electron chi connectivity index (χ0n) is 19.0. The minimum absolute atomic E-state index is 0.0487. The van der Waals surface area contributed by atoms with Gasteiger partial charge in [0.2, 0.25) is 0 Å². The number of rotatable bonds is 3. The van der Waals surface area contributed by atoms with Gasteiger partial charge in [-0.25, -0.2) is 18.7 Å². The van der Waals surface area contributed by atoms with E-state index < -0.39 is 11.6 Å². The van der Waals surface area contributed by atoms with Gasteiger partial charge in [-0.1, -0.05) is 0 Å². The van der Waals surface area contributed by atoms with Crippen LogP contribution >= 0.6 is 0 Å². The maximum absolute atomic E-state index is 14.8. The highest BCUT2D eigenvalue weighted by Gasteiger charge is 2.28. The Morgan fingerprint density at radius 1 is 1.12 bits per heavy atom. The fraction of sp³-hybridized carbons (Fsp3) is 0.320. The number of fused-ring (bicyclic) bond motifs is 1. The fourth-order valence-electron chi connectivity index (χ4n) is 4.38. The fourth-order valence-corrected chi connectivity index (χ4v) is 4.38. The Balaban J connectivity index is 1.66. The highest BCUT2D eigenvalue weighted by atomic mass is 19.1. The Labute approximate surface area is 194 Å². The number of hydrogen-bond donors (Lipinski definition) is 0. The summed E-state index contributed by atoms with van der Waals surface area (Å²) in [5.41, 5.74) is 3.68. The number of hydrogen-bond acceptors (Lipinski definition) is 6. The summed E-state index contributed by atoms with van der Waals surface area (Å²) >= 11 is 0. The third kappa shape index (κ3) is 3.96. The molecule has 3 aromatic heterocycles. The summed E-state index contributed by atoms with van der Waals surface area (Å²) in [5, 5.41) is 8.03. The molecule has 0 amide bonds. The molecular weight excluding hydrogens is 440 g/mol. The van der Waals surface area contributed by atoms with E-state index in [1.165, 1.54) is 16.5 Å². The lowest BCUT2D eigenvalue weighted by Crippen LogP contribution is -2.24. The molecular formula is C25H23F2N5O2. The second kappa shape index (κ2) is 8.64. The van der Waals surface area contributed by atoms with Gasteiger partial charge in [0.15, 0.2) is 5.65 Å². The molecule has 1 aliphatic heterocycles. The van der Waals surface area contributed by atoms with E-state index in [0.29, 0.717) is 36.4 Å². The van der Waals surface area contributed by atoms with E-state index in [9.17, 15) is 13.6 Å². The van der Waals surface area contributed by atoms with E-state index in [1.54, 1.807) is 26.2 Å². The quantitative estimate of drug-likeness (QED) is 0.448. The second-order valence-electron chi connectivity index (χ2n) is 8.67. The minimum Gasteiger partial charge on any atom is -0.373 e. The molecule has 174 valence electrons. The molecule has 0 saturated carbocycles. The number of ether oxygens (including phenoxy) is 1. The molecule has 1 aliphatic rings. The van der Waals surface area contributed by atoms with Crippen molar-refractivity contribution < 1.29 is 13.5 Å². The first-order valence-corrected chi connectivity index (χ1v) is 11.1. The van der Waals surface area contributed by atoms with Crippen molar-refractivity contribution in [1.82, 2.24) is 24.6 Å². The predicted molar refractivity (Wildman–Crippen MR) is 122 cm³/mol. The minimum atomic E-state index is -0.762. The zero-order chi connectivity index (χ0) is 24.0. The first-order chi connectivity index (χ1) is 16.3. The van der Waals surface area contributed by atoms with Crippen LogP contribution in [0.1, 0.15) is 53.1 Å². The van der Waals surface area contributed by atoms with Gasteiger partial charge in [-0.2, -0.15) is 10.2 Å². The van der Waals surface area contributed by atoms with Crippen molar-refractivity contribution in [3.05, 3.63) is 86.9 Å². The van der Waals surface area contributed by atoms with Crippen molar-refractivity contribution in [2.45, 2.75) is 45.6 Å². The van der Waals surface area contributed by atoms with Crippen molar-refractivity contribution in [3.63, 3.8) is 0 Å². The van der Waals surface area contributed by atoms with Crippen LogP contribution in [0.2, 0.25) is 0 Å². The molecule has 1 aromatic carbocycles. The molecule has 7 nitrogen and oxygen atoms in total. The highest BCUT2D eigenvalue weighted by molar-refractivity contribution is 5.74. The average molecular weight is 463 g/mol. The smallest absolute Gasteiger partial charge is 0.261 e. The lowest BCUT2D eigenvalue weighted by atomic mass is 9.90. The predicted octanol–water partition coefficient (Wildman–Crippen LogP) is 4.39. The standard InChI is InChI=1S/C25H23F2N5O2/c1-13-8-17(11-28-31-13)22-9-16(6-7-34-22)21-12-32-24(29-15(3)14(2)25(32)33)23(30-21)19-5-4-18(26)10-20(19)27/h4-5,8,10-12,16,22H,6-7,9H2,1-3H3/t16-,22+/m0/s1. The van der Waals surface area contributed by atoms with E-state index in [4.69, 9.17) is 9.72 Å². The van der Waals surface area contributed by atoms with E-state index >= 15 is 0 Å². The lowest BCUT2D eigenvalue weighted by molar-refractivity contribution is 0.00427. The molecule has 2 atom stereocenters. The van der Waals surface area contributed by atoms with Gasteiger partial charge in [-0.3, -0.25) is 9.20 Å². The van der Waals surface area contributed by atoms with Crippen molar-refractivity contribution in [3.8, 4) is 11.3 Å². The summed E-state index contributed by atoms with van der Waals surface area (Å²) in [6, 6.07) is 5.25. The third-order valence-corrected chi connectivity index (χ3v) is 6.36. The van der Waals surface area contributed by atoms with Crippen LogP contribution in [-0.2, 0) is 4.74 Å². The lowest BCUT2D eigenvalue weighted by Gasteiger charge is -2.29. The number of nitrogens with zero attached hydrogens (tertiary/aromatic N) is 5. The molecule has 0 radical (unpaired) electrons. The van der Waals surface area contributed by atoms with E-state index in [1.807, 2.05) is 13.0 Å². The van der Waals surface area contributed by atoms with Gasteiger partial charge in [-0.15, -0.1) is 0 Å². The van der Waals surface area contributed by atoms with E-state index in [0.717, 1.165) is 17.3 Å². The van der Waals surface area contributed by atoms with E-state index in [2.05, 4.69) is 15.2 Å². The molecule has 0 aliphatic carbocycles. The molecule has 0 unspecified atom stereocenters. The maximum Gasteiger partial charge on any atom is 0.261 e. The Morgan fingerprint density at radius 3 is 2.71 bits per heavy atom. The molecule has 1 fully saturated rings. The SMILES string of the molecule is Cc1cc([C@H]2C[C@@H](c3cn4c(=O)c(C)c(C)nc4c(-c4ccc(F)cc4F)n3)CCO2)cnn1. The third-order valence-electron chi connectivity index (χ3n) is 6.36. The first-order valence-electron chi connectivity index (χ1n) is 11.1. The van der Waals surface area contributed by atoms with Crippen molar-refractivity contribution in [1.29, 1.82) is 0 Å². The van der Waals surface area contributed by atoms with Crippen molar-refractivity contribution >= 4 is 5.65 Å². The largest absolute Gasteiger partial charge is 0.373 e. The Morgan fingerprint density at radius 2 is 1.94 bits per heavy atom. The van der Waals surface area contributed by atoms with Gasteiger partial charge < -0.3 is 4.74 Å². The van der Waals surface area contributed by atoms with Gasteiger partial charge in [0.1, 0.15) is 17.3 Å². The average Bonchev–Trinajstić information content (AvgIpc) is 2.82. The van der Waals surface area contributed by atoms with Crippen LogP contribution in [0, 0.1) is 32.4 Å². The summed E-state index contributed by atoms with van der Waals surface area (Å²) in [7, 11) is 0.